The molecule has 0 aliphatic carbocycles. The Bertz CT molecular complexity index is 1990. The van der Waals surface area contributed by atoms with E-state index in [2.05, 4.69) is 26.3 Å². The van der Waals surface area contributed by atoms with Gasteiger partial charge in [-0.25, -0.2) is 9.97 Å². The Balaban J connectivity index is 1.45. The number of hydrogen-bond acceptors (Lipinski definition) is 10. The van der Waals surface area contributed by atoms with Crippen LogP contribution in [0.4, 0.5) is 5.69 Å². The molecule has 3 aliphatic rings. The highest BCUT2D eigenvalue weighted by Crippen LogP contribution is 2.59. The number of carbonyl (C=O) groups is 3. The van der Waals surface area contributed by atoms with Crippen molar-refractivity contribution in [3.63, 3.8) is 0 Å². The Hall–Kier alpha value is -5.17. The molecule has 0 saturated heterocycles. The van der Waals surface area contributed by atoms with E-state index in [1.165, 1.54) is 6.26 Å². The highest BCUT2D eigenvalue weighted by atomic mass is 16.5. The molecule has 2 aromatic carbocycles. The van der Waals surface area contributed by atoms with Crippen molar-refractivity contribution in [1.29, 1.82) is 0 Å². The van der Waals surface area contributed by atoms with E-state index in [0.29, 0.717) is 11.5 Å². The third-order valence-electron chi connectivity index (χ3n) is 9.38. The Morgan fingerprint density at radius 1 is 1.04 bits per heavy atom. The molecule has 262 valence electrons. The molecule has 5 atom stereocenters. The van der Waals surface area contributed by atoms with Gasteiger partial charge in [0.2, 0.25) is 23.6 Å². The average molecular weight is 683 g/mol. The van der Waals surface area contributed by atoms with Gasteiger partial charge >= 0.3 is 0 Å². The number of aromatic nitrogens is 2. The molecular weight excluding hydrogens is 640 g/mol. The van der Waals surface area contributed by atoms with E-state index >= 15 is 0 Å². The number of nitrogens with one attached hydrogen (secondary N) is 4. The van der Waals surface area contributed by atoms with E-state index in [1.54, 1.807) is 13.8 Å². The number of ether oxygens (including phenoxy) is 1. The smallest absolute Gasteiger partial charge is 0.273 e. The number of benzene rings is 2. The lowest BCUT2D eigenvalue weighted by Gasteiger charge is -2.29. The molecule has 3 amide bonds. The van der Waals surface area contributed by atoms with E-state index in [4.69, 9.17) is 18.6 Å². The highest BCUT2D eigenvalue weighted by molar-refractivity contribution is 5.93. The highest BCUT2D eigenvalue weighted by Gasteiger charge is 2.61. The topological polar surface area (TPSA) is 181 Å². The van der Waals surface area contributed by atoms with Crippen molar-refractivity contribution in [3.05, 3.63) is 82.8 Å². The van der Waals surface area contributed by atoms with Crippen molar-refractivity contribution in [3.8, 4) is 17.3 Å². The van der Waals surface area contributed by atoms with Crippen LogP contribution in [0.5, 0.6) is 5.75 Å². The zero-order chi connectivity index (χ0) is 35.7. The lowest BCUT2D eigenvalue weighted by Crippen LogP contribution is -2.52. The molecule has 50 heavy (non-hydrogen) atoms. The first-order valence-electron chi connectivity index (χ1n) is 16.9. The summed E-state index contributed by atoms with van der Waals surface area (Å²) in [6, 6.07) is 11.7. The summed E-state index contributed by atoms with van der Waals surface area (Å²) in [7, 11) is 0. The van der Waals surface area contributed by atoms with Crippen molar-refractivity contribution < 1.29 is 33.1 Å². The monoisotopic (exact) mass is 682 g/mol. The maximum Gasteiger partial charge on any atom is 0.273 e. The number of nitrogens with zero attached hydrogens (tertiary/aromatic N) is 2. The molecule has 1 spiro atoms. The maximum absolute atomic E-state index is 14.0. The molecule has 5 N–H and O–H groups in total. The van der Waals surface area contributed by atoms with Gasteiger partial charge in [0, 0.05) is 23.2 Å². The molecule has 13 nitrogen and oxygen atoms in total. The largest absolute Gasteiger partial charge is 0.469 e. The van der Waals surface area contributed by atoms with Crippen LogP contribution >= 0.6 is 0 Å². The SMILES string of the molecule is CC(C)[C@H](O)C(=O)N[C@H]1Cc2ccc3c(c2)C2(c4ccccc4N[C@H]2O3)c2oc(nc2-c2nc(C(=O)NC(C)(C)C)co2)[C@H](C(C)C)NC1=O. The predicted octanol–water partition coefficient (Wildman–Crippen LogP) is 4.21. The molecule has 7 rings (SSSR count). The summed E-state index contributed by atoms with van der Waals surface area (Å²) in [4.78, 5) is 49.8. The van der Waals surface area contributed by atoms with Crippen molar-refractivity contribution in [2.75, 3.05) is 5.32 Å². The van der Waals surface area contributed by atoms with E-state index in [0.717, 1.165) is 22.4 Å². The van der Waals surface area contributed by atoms with Gasteiger partial charge < -0.3 is 39.9 Å². The molecule has 13 heteroatoms. The number of rotatable bonds is 6. The summed E-state index contributed by atoms with van der Waals surface area (Å²) in [5.74, 6) is -0.859. The quantitative estimate of drug-likeness (QED) is 0.198. The molecule has 0 radical (unpaired) electrons. The van der Waals surface area contributed by atoms with E-state index in [-0.39, 0.29) is 41.4 Å². The normalized spacial score (nSPS) is 22.8. The molecule has 5 heterocycles. The van der Waals surface area contributed by atoms with Crippen LogP contribution in [0.3, 0.4) is 0 Å². The predicted molar refractivity (Wildman–Crippen MR) is 182 cm³/mol. The first-order chi connectivity index (χ1) is 23.7. The third-order valence-corrected chi connectivity index (χ3v) is 9.38. The Morgan fingerprint density at radius 2 is 1.80 bits per heavy atom. The molecule has 2 aromatic heterocycles. The summed E-state index contributed by atoms with van der Waals surface area (Å²) >= 11 is 0. The summed E-state index contributed by atoms with van der Waals surface area (Å²) in [5.41, 5.74) is 1.94. The number of oxazole rings is 2. The summed E-state index contributed by atoms with van der Waals surface area (Å²) in [6.45, 7) is 12.9. The zero-order valence-electron chi connectivity index (χ0n) is 29.1. The minimum absolute atomic E-state index is 0.0627. The third kappa shape index (κ3) is 5.49. The number of fused-ring (bicyclic) bond motifs is 4. The Morgan fingerprint density at radius 3 is 2.52 bits per heavy atom. The Labute approximate surface area is 289 Å². The first kappa shape index (κ1) is 33.3. The van der Waals surface area contributed by atoms with Gasteiger partial charge in [-0.05, 0) is 55.9 Å². The van der Waals surface area contributed by atoms with Crippen LogP contribution in [-0.2, 0) is 21.4 Å². The minimum atomic E-state index is -1.29. The number of hydrogen-bond donors (Lipinski definition) is 5. The van der Waals surface area contributed by atoms with Gasteiger partial charge in [-0.3, -0.25) is 14.4 Å². The van der Waals surface area contributed by atoms with Gasteiger partial charge in [-0.1, -0.05) is 58.0 Å². The van der Waals surface area contributed by atoms with Crippen LogP contribution in [-0.4, -0.2) is 56.7 Å². The van der Waals surface area contributed by atoms with Crippen molar-refractivity contribution in [1.82, 2.24) is 25.9 Å². The number of aliphatic hydroxyl groups excluding tert-OH is 1. The average Bonchev–Trinajstić information content (AvgIpc) is 3.82. The molecule has 1 unspecified atom stereocenters. The summed E-state index contributed by atoms with van der Waals surface area (Å²) in [6.07, 6.45) is -0.524. The maximum atomic E-state index is 14.0. The van der Waals surface area contributed by atoms with Gasteiger partial charge in [0.25, 0.3) is 5.91 Å². The molecule has 0 fully saturated rings. The Kier molecular flexibility index (Phi) is 8.00. The van der Waals surface area contributed by atoms with Gasteiger partial charge in [0.1, 0.15) is 35.6 Å². The van der Waals surface area contributed by atoms with Crippen molar-refractivity contribution >= 4 is 23.4 Å². The fourth-order valence-electron chi connectivity index (χ4n) is 6.90. The van der Waals surface area contributed by atoms with Crippen LogP contribution < -0.4 is 26.0 Å². The summed E-state index contributed by atoms with van der Waals surface area (Å²) < 4.78 is 19.4. The lowest BCUT2D eigenvalue weighted by atomic mass is 9.72. The van der Waals surface area contributed by atoms with Gasteiger partial charge in [-0.15, -0.1) is 0 Å². The van der Waals surface area contributed by atoms with Crippen LogP contribution in [0.2, 0.25) is 0 Å². The first-order valence-corrected chi connectivity index (χ1v) is 16.9. The second-order valence-corrected chi connectivity index (χ2v) is 15.0. The number of carbonyl (C=O) groups excluding carboxylic acids is 3. The molecular formula is C37H42N6O7. The van der Waals surface area contributed by atoms with E-state index in [9.17, 15) is 19.5 Å². The molecule has 4 bridgehead atoms. The number of amides is 3. The number of aliphatic hydroxyl groups is 1. The second-order valence-electron chi connectivity index (χ2n) is 15.0. The zero-order valence-corrected chi connectivity index (χ0v) is 29.1. The summed E-state index contributed by atoms with van der Waals surface area (Å²) in [5, 5.41) is 22.8. The molecule has 4 aromatic rings. The van der Waals surface area contributed by atoms with E-state index in [1.807, 2.05) is 77.1 Å². The lowest BCUT2D eigenvalue weighted by molar-refractivity contribution is -0.135. The van der Waals surface area contributed by atoms with Gasteiger partial charge in [0.05, 0.1) is 0 Å². The van der Waals surface area contributed by atoms with Crippen LogP contribution in [0.25, 0.3) is 11.6 Å². The van der Waals surface area contributed by atoms with Gasteiger partial charge in [-0.2, -0.15) is 0 Å². The standard InChI is InChI=1S/C37H42N6O7/c1-17(2)26-34-42-27(33-39-24(16-48-33)31(46)43-36(5,6)7)29(50-34)37-20-10-8-9-11-22(20)40-35(37)49-25-13-12-19(14-21(25)37)15-23(30(45)41-26)38-32(47)28(44)18(3)4/h8-14,16-18,23,26,28,35,40,44H,15H2,1-7H3,(H,38,47)(H,41,45)(H,43,46)/t23-,26-,28-,35-,37?/m0/s1. The fraction of sp³-hybridized carbons (Fsp3) is 0.432. The van der Waals surface area contributed by atoms with E-state index < -0.39 is 53.1 Å². The molecule has 3 aliphatic heterocycles. The molecule has 0 saturated carbocycles. The van der Waals surface area contributed by atoms with Crippen molar-refractivity contribution in [2.24, 2.45) is 11.8 Å². The number of para-hydroxylation sites is 1. The second kappa shape index (κ2) is 12.0. The minimum Gasteiger partial charge on any atom is -0.469 e. The van der Waals surface area contributed by atoms with Gasteiger partial charge in [0.15, 0.2) is 23.4 Å². The van der Waals surface area contributed by atoms with Crippen LogP contribution in [0.1, 0.15) is 93.3 Å². The van der Waals surface area contributed by atoms with Crippen LogP contribution in [0.15, 0.2) is 57.6 Å². The number of anilines is 1. The van der Waals surface area contributed by atoms with Crippen LogP contribution in [0, 0.1) is 11.8 Å². The fourth-order valence-corrected chi connectivity index (χ4v) is 6.90. The van der Waals surface area contributed by atoms with Crippen molar-refractivity contribution in [2.45, 2.75) is 90.3 Å².